The summed E-state index contributed by atoms with van der Waals surface area (Å²) in [5.41, 5.74) is 1.83. The molecule has 1 N–H and O–H groups in total. The number of hydrogen-bond donors (Lipinski definition) is 1. The maximum Gasteiger partial charge on any atom is 0.416 e. The molecule has 0 bridgehead atoms. The Kier molecular flexibility index (Phi) is 6.36. The molecule has 5 nitrogen and oxygen atoms in total. The van der Waals surface area contributed by atoms with Crippen LogP contribution in [0.2, 0.25) is 5.02 Å². The molecule has 0 spiro atoms. The van der Waals surface area contributed by atoms with E-state index in [-0.39, 0.29) is 6.04 Å². The first kappa shape index (κ1) is 24.1. The molecule has 2 atom stereocenters. The third kappa shape index (κ3) is 4.40. The van der Waals surface area contributed by atoms with Crippen molar-refractivity contribution in [3.05, 3.63) is 107 Å². The number of aromatic nitrogens is 2. The molecule has 2 aromatic heterocycles. The Bertz CT molecular complexity index is 1410. The molecular weight excluding hydrogens is 509 g/mol. The Morgan fingerprint density at radius 3 is 2.53 bits per heavy atom. The summed E-state index contributed by atoms with van der Waals surface area (Å²) in [6.45, 7) is 0. The first-order valence-electron chi connectivity index (χ1n) is 11.0. The van der Waals surface area contributed by atoms with E-state index in [0.29, 0.717) is 27.3 Å². The van der Waals surface area contributed by atoms with Gasteiger partial charge in [0.15, 0.2) is 5.11 Å². The summed E-state index contributed by atoms with van der Waals surface area (Å²) >= 11 is 12.2. The van der Waals surface area contributed by atoms with Crippen LogP contribution < -0.4 is 15.0 Å². The molecule has 1 aliphatic heterocycles. The molecule has 1 aliphatic rings. The molecule has 4 aromatic rings. The van der Waals surface area contributed by atoms with Gasteiger partial charge in [-0.25, -0.2) is 0 Å². The zero-order valence-electron chi connectivity index (χ0n) is 18.9. The number of halogens is 4. The van der Waals surface area contributed by atoms with Gasteiger partial charge in [-0.1, -0.05) is 23.7 Å². The lowest BCUT2D eigenvalue weighted by molar-refractivity contribution is -0.137. The Balaban J connectivity index is 1.66. The van der Waals surface area contributed by atoms with Gasteiger partial charge in [0.2, 0.25) is 0 Å². The SMILES string of the molecule is COc1ccc(N2C(=S)N[C@H](c3ccccn3)[C@H]2c2cccn2-c2cccc(C(F)(F)F)c2)cc1Cl. The summed E-state index contributed by atoms with van der Waals surface area (Å²) in [5, 5.41) is 4.19. The molecule has 184 valence electrons. The molecule has 10 heteroatoms. The average Bonchev–Trinajstić information content (AvgIpc) is 3.48. The predicted octanol–water partition coefficient (Wildman–Crippen LogP) is 6.73. The van der Waals surface area contributed by atoms with Crippen molar-refractivity contribution in [3.63, 3.8) is 0 Å². The number of pyridine rings is 1. The summed E-state index contributed by atoms with van der Waals surface area (Å²) in [6.07, 6.45) is -1.03. The number of benzene rings is 2. The minimum atomic E-state index is -4.46. The number of alkyl halides is 3. The highest BCUT2D eigenvalue weighted by atomic mass is 35.5. The van der Waals surface area contributed by atoms with Crippen LogP contribution in [0.15, 0.2) is 85.2 Å². The number of ether oxygens (including phenoxy) is 1. The summed E-state index contributed by atoms with van der Waals surface area (Å²) in [4.78, 5) is 6.43. The fraction of sp³-hybridized carbons (Fsp3) is 0.154. The Morgan fingerprint density at radius 2 is 1.83 bits per heavy atom. The van der Waals surface area contributed by atoms with Gasteiger partial charge in [-0.2, -0.15) is 13.2 Å². The van der Waals surface area contributed by atoms with Crippen molar-refractivity contribution < 1.29 is 17.9 Å². The molecule has 0 aliphatic carbocycles. The Labute approximate surface area is 216 Å². The molecule has 0 radical (unpaired) electrons. The fourth-order valence-electron chi connectivity index (χ4n) is 4.44. The predicted molar refractivity (Wildman–Crippen MR) is 137 cm³/mol. The van der Waals surface area contributed by atoms with Crippen molar-refractivity contribution in [1.82, 2.24) is 14.9 Å². The lowest BCUT2D eigenvalue weighted by Crippen LogP contribution is -2.30. The highest BCUT2D eigenvalue weighted by molar-refractivity contribution is 7.80. The van der Waals surface area contributed by atoms with Gasteiger partial charge in [0.25, 0.3) is 0 Å². The normalized spacial score (nSPS) is 17.8. The summed E-state index contributed by atoms with van der Waals surface area (Å²) in [5.74, 6) is 0.517. The summed E-state index contributed by atoms with van der Waals surface area (Å²) < 4.78 is 47.4. The Morgan fingerprint density at radius 1 is 1.00 bits per heavy atom. The second-order valence-electron chi connectivity index (χ2n) is 8.17. The zero-order valence-corrected chi connectivity index (χ0v) is 20.5. The van der Waals surface area contributed by atoms with E-state index in [1.807, 2.05) is 35.2 Å². The van der Waals surface area contributed by atoms with Crippen LogP contribution in [0.25, 0.3) is 5.69 Å². The zero-order chi connectivity index (χ0) is 25.4. The second kappa shape index (κ2) is 9.48. The highest BCUT2D eigenvalue weighted by Gasteiger charge is 2.42. The quantitative estimate of drug-likeness (QED) is 0.291. The van der Waals surface area contributed by atoms with Crippen LogP contribution in [-0.2, 0) is 6.18 Å². The van der Waals surface area contributed by atoms with Crippen molar-refractivity contribution in [1.29, 1.82) is 0 Å². The average molecular weight is 529 g/mol. The number of nitrogens with one attached hydrogen (secondary N) is 1. The van der Waals surface area contributed by atoms with Gasteiger partial charge in [0.1, 0.15) is 11.8 Å². The lowest BCUT2D eigenvalue weighted by atomic mass is 10.0. The molecule has 0 amide bonds. The van der Waals surface area contributed by atoms with Crippen molar-refractivity contribution in [2.75, 3.05) is 12.0 Å². The maximum atomic E-state index is 13.5. The van der Waals surface area contributed by atoms with Crippen molar-refractivity contribution in [3.8, 4) is 11.4 Å². The first-order chi connectivity index (χ1) is 17.3. The largest absolute Gasteiger partial charge is 0.495 e. The number of nitrogens with zero attached hydrogens (tertiary/aromatic N) is 3. The monoisotopic (exact) mass is 528 g/mol. The number of thiocarbonyl (C=S) groups is 1. The number of anilines is 1. The molecule has 3 heterocycles. The van der Waals surface area contributed by atoms with E-state index in [4.69, 9.17) is 28.6 Å². The lowest BCUT2D eigenvalue weighted by Gasteiger charge is -2.29. The van der Waals surface area contributed by atoms with E-state index in [2.05, 4.69) is 10.3 Å². The van der Waals surface area contributed by atoms with Crippen LogP contribution in [0.4, 0.5) is 18.9 Å². The molecule has 36 heavy (non-hydrogen) atoms. The summed E-state index contributed by atoms with van der Waals surface area (Å²) in [6, 6.07) is 19.0. The van der Waals surface area contributed by atoms with Gasteiger partial charge >= 0.3 is 6.18 Å². The molecule has 0 unspecified atom stereocenters. The van der Waals surface area contributed by atoms with Gasteiger partial charge in [-0.3, -0.25) is 4.98 Å². The fourth-order valence-corrected chi connectivity index (χ4v) is 5.04. The molecule has 1 saturated heterocycles. The first-order valence-corrected chi connectivity index (χ1v) is 11.8. The van der Waals surface area contributed by atoms with E-state index in [1.54, 1.807) is 41.2 Å². The number of hydrogen-bond acceptors (Lipinski definition) is 3. The molecule has 1 fully saturated rings. The van der Waals surface area contributed by atoms with Gasteiger partial charge in [0, 0.05) is 29.5 Å². The minimum absolute atomic E-state index is 0.376. The highest BCUT2D eigenvalue weighted by Crippen LogP contribution is 2.44. The van der Waals surface area contributed by atoms with Crippen LogP contribution in [0.1, 0.15) is 29.0 Å². The Hall–Kier alpha value is -3.56. The van der Waals surface area contributed by atoms with Crippen molar-refractivity contribution in [2.24, 2.45) is 0 Å². The minimum Gasteiger partial charge on any atom is -0.495 e. The van der Waals surface area contributed by atoms with Crippen LogP contribution in [-0.4, -0.2) is 21.8 Å². The summed E-state index contributed by atoms with van der Waals surface area (Å²) in [7, 11) is 1.53. The van der Waals surface area contributed by atoms with Crippen LogP contribution >= 0.6 is 23.8 Å². The van der Waals surface area contributed by atoms with Gasteiger partial charge in [-0.15, -0.1) is 0 Å². The van der Waals surface area contributed by atoms with Crippen LogP contribution in [0.5, 0.6) is 5.75 Å². The molecule has 5 rings (SSSR count). The van der Waals surface area contributed by atoms with E-state index >= 15 is 0 Å². The van der Waals surface area contributed by atoms with Gasteiger partial charge < -0.3 is 19.5 Å². The smallest absolute Gasteiger partial charge is 0.416 e. The second-order valence-corrected chi connectivity index (χ2v) is 8.96. The van der Waals surface area contributed by atoms with Crippen LogP contribution in [0.3, 0.4) is 0 Å². The molecular formula is C26H20ClF3N4OS. The van der Waals surface area contributed by atoms with E-state index < -0.39 is 17.8 Å². The van der Waals surface area contributed by atoms with E-state index in [9.17, 15) is 13.2 Å². The standard InChI is InChI=1S/C26H20ClF3N4OS/c1-35-22-11-10-18(15-19(22)27)34-24(23(32-25(34)36)20-8-2-3-12-31-20)21-9-5-13-33(21)17-7-4-6-16(14-17)26(28,29)30/h2-15,23-24H,1H3,(H,32,36)/t23-,24-/m1/s1. The van der Waals surface area contributed by atoms with Crippen molar-refractivity contribution in [2.45, 2.75) is 18.3 Å². The molecule has 2 aromatic carbocycles. The van der Waals surface area contributed by atoms with Crippen LogP contribution in [0, 0.1) is 0 Å². The van der Waals surface area contributed by atoms with Crippen molar-refractivity contribution >= 4 is 34.6 Å². The maximum absolute atomic E-state index is 13.5. The number of methoxy groups -OCH3 is 1. The van der Waals surface area contributed by atoms with Gasteiger partial charge in [-0.05, 0) is 72.9 Å². The topological polar surface area (TPSA) is 42.3 Å². The third-order valence-corrected chi connectivity index (χ3v) is 6.66. The van der Waals surface area contributed by atoms with E-state index in [0.717, 1.165) is 23.5 Å². The van der Waals surface area contributed by atoms with E-state index in [1.165, 1.54) is 13.2 Å². The number of rotatable bonds is 5. The molecule has 0 saturated carbocycles. The third-order valence-electron chi connectivity index (χ3n) is 6.05. The van der Waals surface area contributed by atoms with Gasteiger partial charge in [0.05, 0.1) is 29.4 Å².